The molecule has 0 radical (unpaired) electrons. The van der Waals surface area contributed by atoms with Crippen LogP contribution in [0.2, 0.25) is 0 Å². The second-order valence-electron chi connectivity index (χ2n) is 8.33. The fourth-order valence-corrected chi connectivity index (χ4v) is 2.62. The van der Waals surface area contributed by atoms with E-state index in [0.717, 1.165) is 13.0 Å². The topological polar surface area (TPSA) is 24.9 Å². The molecule has 1 N–H and O–H groups in total. The lowest BCUT2D eigenvalue weighted by molar-refractivity contribution is 0.376. The Labute approximate surface area is 124 Å². The molecule has 2 heterocycles. The van der Waals surface area contributed by atoms with Crippen LogP contribution in [-0.4, -0.2) is 11.5 Å². The number of aryl methyl sites for hydroxylation is 2. The van der Waals surface area contributed by atoms with Crippen LogP contribution in [0, 0.1) is 5.41 Å². The Morgan fingerprint density at radius 1 is 1.15 bits per heavy atom. The van der Waals surface area contributed by atoms with Gasteiger partial charge in [-0.15, -0.1) is 0 Å². The van der Waals surface area contributed by atoms with Gasteiger partial charge < -0.3 is 5.32 Å². The van der Waals surface area contributed by atoms with Crippen molar-refractivity contribution >= 4 is 5.69 Å². The Balaban J connectivity index is 2.37. The first kappa shape index (κ1) is 15.3. The summed E-state index contributed by atoms with van der Waals surface area (Å²) in [5.41, 5.74) is 5.81. The van der Waals surface area contributed by atoms with Gasteiger partial charge in [-0.2, -0.15) is 0 Å². The van der Waals surface area contributed by atoms with E-state index in [1.807, 2.05) is 0 Å². The molecule has 0 amide bonds. The highest BCUT2D eigenvalue weighted by molar-refractivity contribution is 5.58. The molecule has 0 unspecified atom stereocenters. The Morgan fingerprint density at radius 2 is 1.85 bits per heavy atom. The number of hydrogen-bond acceptors (Lipinski definition) is 2. The van der Waals surface area contributed by atoms with Crippen LogP contribution in [-0.2, 0) is 18.3 Å². The van der Waals surface area contributed by atoms with Gasteiger partial charge in [0.05, 0.1) is 11.4 Å². The number of nitrogens with zero attached hydrogens (tertiary/aromatic N) is 1. The number of fused-ring (bicyclic) bond motifs is 1. The van der Waals surface area contributed by atoms with Crippen molar-refractivity contribution in [2.24, 2.45) is 5.41 Å². The summed E-state index contributed by atoms with van der Waals surface area (Å²) in [6.07, 6.45) is 4.68. The maximum Gasteiger partial charge on any atom is 0.0641 e. The van der Waals surface area contributed by atoms with Crippen molar-refractivity contribution in [2.45, 2.75) is 72.6 Å². The molecule has 2 rings (SSSR count). The molecule has 1 aromatic rings. The molecule has 0 aromatic carbocycles. The SMILES string of the molecule is CC(C)(C)CCc1nc(C(C)(C)C)cc2c1NCCC2. The maximum absolute atomic E-state index is 5.00. The van der Waals surface area contributed by atoms with Gasteiger partial charge in [-0.3, -0.25) is 4.98 Å². The van der Waals surface area contributed by atoms with E-state index in [9.17, 15) is 0 Å². The quantitative estimate of drug-likeness (QED) is 0.844. The first-order valence-corrected chi connectivity index (χ1v) is 7.94. The fraction of sp³-hybridized carbons (Fsp3) is 0.722. The van der Waals surface area contributed by atoms with E-state index in [0.29, 0.717) is 5.41 Å². The molecule has 2 heteroatoms. The lowest BCUT2D eigenvalue weighted by Gasteiger charge is -2.27. The van der Waals surface area contributed by atoms with Crippen LogP contribution in [0.4, 0.5) is 5.69 Å². The largest absolute Gasteiger partial charge is 0.383 e. The molecule has 0 spiro atoms. The van der Waals surface area contributed by atoms with E-state index >= 15 is 0 Å². The Morgan fingerprint density at radius 3 is 2.45 bits per heavy atom. The molecule has 0 saturated carbocycles. The van der Waals surface area contributed by atoms with Crippen molar-refractivity contribution in [3.8, 4) is 0 Å². The first-order valence-electron chi connectivity index (χ1n) is 7.94. The predicted octanol–water partition coefficient (Wildman–Crippen LogP) is 4.72. The van der Waals surface area contributed by atoms with Crippen molar-refractivity contribution in [2.75, 3.05) is 11.9 Å². The van der Waals surface area contributed by atoms with E-state index in [4.69, 9.17) is 4.98 Å². The highest BCUT2D eigenvalue weighted by Gasteiger charge is 2.22. The van der Waals surface area contributed by atoms with Crippen LogP contribution in [0.15, 0.2) is 6.07 Å². The van der Waals surface area contributed by atoms with Gasteiger partial charge in [0, 0.05) is 17.7 Å². The standard InChI is InChI=1S/C18H30N2/c1-17(2,3)10-9-14-16-13(8-7-11-19-16)12-15(20-14)18(4,5)6/h12,19H,7-11H2,1-6H3. The third kappa shape index (κ3) is 3.74. The van der Waals surface area contributed by atoms with E-state index in [-0.39, 0.29) is 5.41 Å². The van der Waals surface area contributed by atoms with Crippen LogP contribution >= 0.6 is 0 Å². The third-order valence-corrected chi connectivity index (χ3v) is 3.98. The van der Waals surface area contributed by atoms with E-state index in [1.165, 1.54) is 41.9 Å². The van der Waals surface area contributed by atoms with E-state index < -0.39 is 0 Å². The smallest absolute Gasteiger partial charge is 0.0641 e. The number of rotatable bonds is 2. The minimum atomic E-state index is 0.128. The predicted molar refractivity (Wildman–Crippen MR) is 87.5 cm³/mol. The molecule has 0 fully saturated rings. The first-order chi connectivity index (χ1) is 9.17. The number of hydrogen-bond donors (Lipinski definition) is 1. The molecular formula is C18H30N2. The molecule has 0 aliphatic carbocycles. The monoisotopic (exact) mass is 274 g/mol. The van der Waals surface area contributed by atoms with Crippen LogP contribution < -0.4 is 5.32 Å². The fourth-order valence-electron chi connectivity index (χ4n) is 2.62. The summed E-state index contributed by atoms with van der Waals surface area (Å²) in [6, 6.07) is 2.32. The highest BCUT2D eigenvalue weighted by atomic mass is 14.9. The van der Waals surface area contributed by atoms with Gasteiger partial charge in [0.2, 0.25) is 0 Å². The Kier molecular flexibility index (Phi) is 4.13. The molecule has 0 saturated heterocycles. The summed E-state index contributed by atoms with van der Waals surface area (Å²) in [5, 5.41) is 3.58. The van der Waals surface area contributed by atoms with Gasteiger partial charge in [-0.1, -0.05) is 41.5 Å². The van der Waals surface area contributed by atoms with E-state index in [2.05, 4.69) is 52.9 Å². The molecular weight excluding hydrogens is 244 g/mol. The zero-order chi connectivity index (χ0) is 15.0. The van der Waals surface area contributed by atoms with Crippen LogP contribution in [0.3, 0.4) is 0 Å². The number of nitrogens with one attached hydrogen (secondary N) is 1. The lowest BCUT2D eigenvalue weighted by atomic mass is 9.86. The molecule has 1 aromatic heterocycles. The van der Waals surface area contributed by atoms with E-state index in [1.54, 1.807) is 0 Å². The van der Waals surface area contributed by atoms with Crippen molar-refractivity contribution in [1.82, 2.24) is 4.98 Å². The second-order valence-corrected chi connectivity index (χ2v) is 8.33. The van der Waals surface area contributed by atoms with Crippen LogP contribution in [0.5, 0.6) is 0 Å². The summed E-state index contributed by atoms with van der Waals surface area (Å²) in [4.78, 5) is 5.00. The summed E-state index contributed by atoms with van der Waals surface area (Å²) in [6.45, 7) is 14.8. The summed E-state index contributed by atoms with van der Waals surface area (Å²) in [7, 11) is 0. The molecule has 20 heavy (non-hydrogen) atoms. The van der Waals surface area contributed by atoms with Crippen molar-refractivity contribution < 1.29 is 0 Å². The van der Waals surface area contributed by atoms with Crippen molar-refractivity contribution in [3.05, 3.63) is 23.0 Å². The minimum Gasteiger partial charge on any atom is -0.383 e. The molecule has 112 valence electrons. The minimum absolute atomic E-state index is 0.128. The summed E-state index contributed by atoms with van der Waals surface area (Å²) >= 11 is 0. The van der Waals surface area contributed by atoms with Gasteiger partial charge in [0.25, 0.3) is 0 Å². The van der Waals surface area contributed by atoms with Crippen LogP contribution in [0.25, 0.3) is 0 Å². The maximum atomic E-state index is 5.00. The Bertz CT molecular complexity index is 475. The number of anilines is 1. The van der Waals surface area contributed by atoms with Crippen LogP contribution in [0.1, 0.15) is 71.3 Å². The zero-order valence-corrected chi connectivity index (χ0v) is 14.1. The van der Waals surface area contributed by atoms with Crippen molar-refractivity contribution in [1.29, 1.82) is 0 Å². The molecule has 0 atom stereocenters. The third-order valence-electron chi connectivity index (χ3n) is 3.98. The van der Waals surface area contributed by atoms with Crippen molar-refractivity contribution in [3.63, 3.8) is 0 Å². The summed E-state index contributed by atoms with van der Waals surface area (Å²) < 4.78 is 0. The zero-order valence-electron chi connectivity index (χ0n) is 14.1. The molecule has 1 aliphatic rings. The number of pyridine rings is 1. The second kappa shape index (κ2) is 5.38. The summed E-state index contributed by atoms with van der Waals surface area (Å²) in [5.74, 6) is 0. The highest BCUT2D eigenvalue weighted by Crippen LogP contribution is 2.32. The average Bonchev–Trinajstić information content (AvgIpc) is 2.33. The normalized spacial score (nSPS) is 15.7. The Hall–Kier alpha value is -1.05. The molecule has 0 bridgehead atoms. The average molecular weight is 274 g/mol. The van der Waals surface area contributed by atoms with Gasteiger partial charge in [-0.05, 0) is 42.7 Å². The molecule has 2 nitrogen and oxygen atoms in total. The van der Waals surface area contributed by atoms with Gasteiger partial charge in [-0.25, -0.2) is 0 Å². The number of aromatic nitrogens is 1. The van der Waals surface area contributed by atoms with Gasteiger partial charge in [0.1, 0.15) is 0 Å². The van der Waals surface area contributed by atoms with Gasteiger partial charge in [0.15, 0.2) is 0 Å². The van der Waals surface area contributed by atoms with Gasteiger partial charge >= 0.3 is 0 Å². The molecule has 1 aliphatic heterocycles. The lowest BCUT2D eigenvalue weighted by Crippen LogP contribution is -2.21.